The smallest absolute Gasteiger partial charge is 0.267 e. The Morgan fingerprint density at radius 2 is 1.96 bits per heavy atom. The molecule has 27 heavy (non-hydrogen) atoms. The predicted octanol–water partition coefficient (Wildman–Crippen LogP) is 4.04. The van der Waals surface area contributed by atoms with Crippen molar-refractivity contribution < 1.29 is 14.3 Å². The summed E-state index contributed by atoms with van der Waals surface area (Å²) in [6.45, 7) is 3.38. The van der Waals surface area contributed by atoms with Crippen LogP contribution in [0.15, 0.2) is 36.4 Å². The zero-order valence-electron chi connectivity index (χ0n) is 15.0. The number of carbonyl (C=O) groups excluding carboxylic acids is 1. The van der Waals surface area contributed by atoms with Crippen LogP contribution in [0.5, 0.6) is 11.5 Å². The van der Waals surface area contributed by atoms with E-state index in [-0.39, 0.29) is 5.91 Å². The molecule has 3 aromatic rings. The Hall–Kier alpha value is -2.55. The van der Waals surface area contributed by atoms with Crippen LogP contribution in [0.25, 0.3) is 10.2 Å². The molecule has 0 saturated heterocycles. The first-order chi connectivity index (χ1) is 12.8. The highest BCUT2D eigenvalue weighted by Gasteiger charge is 2.30. The fraction of sp³-hybridized carbons (Fsp3) is 0.222. The Labute approximate surface area is 165 Å². The molecule has 1 amide bonds. The number of ether oxygens (including phenoxy) is 2. The number of amides is 1. The summed E-state index contributed by atoms with van der Waals surface area (Å²) in [7, 11) is 1.54. The first-order valence-electron chi connectivity index (χ1n) is 8.03. The molecule has 0 spiro atoms. The summed E-state index contributed by atoms with van der Waals surface area (Å²) in [5.41, 5.74) is 2.66. The number of aromatic nitrogens is 1. The summed E-state index contributed by atoms with van der Waals surface area (Å²) >= 11 is 7.24. The zero-order chi connectivity index (χ0) is 19.6. The monoisotopic (exact) mass is 406 g/mol. The fourth-order valence-corrected chi connectivity index (χ4v) is 3.37. The SMILES string of the molecule is COc1cc(NC(=O)C(C)(C)Oc2ccc(Cl)cc2)cc2sc(NN)nc12. The van der Waals surface area contributed by atoms with E-state index in [4.69, 9.17) is 26.9 Å². The van der Waals surface area contributed by atoms with E-state index in [1.54, 1.807) is 51.3 Å². The van der Waals surface area contributed by atoms with Crippen molar-refractivity contribution in [1.29, 1.82) is 0 Å². The number of anilines is 2. The van der Waals surface area contributed by atoms with Crippen LogP contribution in [0.3, 0.4) is 0 Å². The Balaban J connectivity index is 1.82. The summed E-state index contributed by atoms with van der Waals surface area (Å²) in [6, 6.07) is 10.4. The van der Waals surface area contributed by atoms with Gasteiger partial charge in [-0.3, -0.25) is 10.2 Å². The van der Waals surface area contributed by atoms with Crippen molar-refractivity contribution >= 4 is 49.9 Å². The highest BCUT2D eigenvalue weighted by molar-refractivity contribution is 7.22. The Kier molecular flexibility index (Phi) is 5.41. The van der Waals surface area contributed by atoms with Gasteiger partial charge >= 0.3 is 0 Å². The number of benzene rings is 2. The molecule has 0 unspecified atom stereocenters. The number of halogens is 1. The lowest BCUT2D eigenvalue weighted by Crippen LogP contribution is -2.42. The maximum Gasteiger partial charge on any atom is 0.267 e. The molecule has 0 aliphatic carbocycles. The summed E-state index contributed by atoms with van der Waals surface area (Å²) in [4.78, 5) is 17.1. The summed E-state index contributed by atoms with van der Waals surface area (Å²) in [5.74, 6) is 6.21. The molecule has 0 saturated carbocycles. The summed E-state index contributed by atoms with van der Waals surface area (Å²) in [6.07, 6.45) is 0. The van der Waals surface area contributed by atoms with Crippen molar-refractivity contribution in [3.8, 4) is 11.5 Å². The van der Waals surface area contributed by atoms with Gasteiger partial charge in [0, 0.05) is 16.8 Å². The van der Waals surface area contributed by atoms with Crippen LogP contribution < -0.4 is 26.1 Å². The lowest BCUT2D eigenvalue weighted by atomic mass is 10.1. The van der Waals surface area contributed by atoms with Crippen LogP contribution in [0.4, 0.5) is 10.8 Å². The van der Waals surface area contributed by atoms with Gasteiger partial charge in [-0.1, -0.05) is 22.9 Å². The minimum atomic E-state index is -1.10. The van der Waals surface area contributed by atoms with Crippen molar-refractivity contribution in [2.75, 3.05) is 17.9 Å². The lowest BCUT2D eigenvalue weighted by Gasteiger charge is -2.25. The van der Waals surface area contributed by atoms with Crippen LogP contribution in [-0.4, -0.2) is 23.6 Å². The van der Waals surface area contributed by atoms with Crippen LogP contribution in [-0.2, 0) is 4.79 Å². The minimum Gasteiger partial charge on any atom is -0.494 e. The third-order valence-corrected chi connectivity index (χ3v) is 4.98. The first-order valence-corrected chi connectivity index (χ1v) is 9.23. The number of hydrogen-bond acceptors (Lipinski definition) is 7. The molecular formula is C18H19ClN4O3S. The fourth-order valence-electron chi connectivity index (χ4n) is 2.41. The quantitative estimate of drug-likeness (QED) is 0.422. The van der Waals surface area contributed by atoms with Crippen LogP contribution in [0.1, 0.15) is 13.8 Å². The highest BCUT2D eigenvalue weighted by atomic mass is 35.5. The van der Waals surface area contributed by atoms with Crippen molar-refractivity contribution in [3.63, 3.8) is 0 Å². The first kappa shape index (κ1) is 19.2. The number of nitrogens with one attached hydrogen (secondary N) is 2. The molecule has 0 radical (unpaired) electrons. The molecule has 4 N–H and O–H groups in total. The molecule has 2 aromatic carbocycles. The van der Waals surface area contributed by atoms with E-state index in [1.165, 1.54) is 11.3 Å². The number of nitrogen functional groups attached to an aromatic ring is 1. The van der Waals surface area contributed by atoms with E-state index in [0.29, 0.717) is 32.9 Å². The topological polar surface area (TPSA) is 98.5 Å². The number of hydrogen-bond donors (Lipinski definition) is 3. The molecule has 0 aliphatic heterocycles. The number of fused-ring (bicyclic) bond motifs is 1. The average molecular weight is 407 g/mol. The summed E-state index contributed by atoms with van der Waals surface area (Å²) in [5, 5.41) is 4.02. The molecule has 9 heteroatoms. The maximum absolute atomic E-state index is 12.8. The molecule has 0 aliphatic rings. The normalized spacial score (nSPS) is 11.3. The summed E-state index contributed by atoms with van der Waals surface area (Å²) < 4.78 is 12.0. The van der Waals surface area contributed by atoms with Gasteiger partial charge in [-0.05, 0) is 44.2 Å². The number of methoxy groups -OCH3 is 1. The molecule has 1 heterocycles. The third-order valence-electron chi connectivity index (χ3n) is 3.79. The molecule has 1 aromatic heterocycles. The Morgan fingerprint density at radius 1 is 1.26 bits per heavy atom. The van der Waals surface area contributed by atoms with Gasteiger partial charge in [0.1, 0.15) is 17.0 Å². The van der Waals surface area contributed by atoms with E-state index in [2.05, 4.69) is 15.7 Å². The largest absolute Gasteiger partial charge is 0.494 e. The van der Waals surface area contributed by atoms with E-state index in [9.17, 15) is 4.79 Å². The molecule has 3 rings (SSSR count). The predicted molar refractivity (Wildman–Crippen MR) is 109 cm³/mol. The second-order valence-corrected chi connectivity index (χ2v) is 7.68. The van der Waals surface area contributed by atoms with Gasteiger partial charge in [0.15, 0.2) is 10.7 Å². The number of hydrazine groups is 1. The number of nitrogens with two attached hydrogens (primary N) is 1. The number of rotatable bonds is 6. The van der Waals surface area contributed by atoms with Gasteiger partial charge in [-0.25, -0.2) is 10.8 Å². The average Bonchev–Trinajstić information content (AvgIpc) is 3.06. The minimum absolute atomic E-state index is 0.305. The standard InChI is InChI=1S/C18H19ClN4O3S/c1-18(2,26-12-6-4-10(19)5-7-12)16(24)21-11-8-13(25-3)15-14(9-11)27-17(22-15)23-20/h4-9H,20H2,1-3H3,(H,21,24)(H,22,23). The second kappa shape index (κ2) is 7.59. The molecule has 0 atom stereocenters. The molecule has 0 bridgehead atoms. The molecule has 0 fully saturated rings. The van der Waals surface area contributed by atoms with E-state index >= 15 is 0 Å². The number of thiazole rings is 1. The van der Waals surface area contributed by atoms with Gasteiger partial charge in [0.25, 0.3) is 5.91 Å². The molecule has 142 valence electrons. The van der Waals surface area contributed by atoms with Gasteiger partial charge in [0.2, 0.25) is 0 Å². The van der Waals surface area contributed by atoms with Crippen LogP contribution in [0.2, 0.25) is 5.02 Å². The molecule has 7 nitrogen and oxygen atoms in total. The lowest BCUT2D eigenvalue weighted by molar-refractivity contribution is -0.128. The van der Waals surface area contributed by atoms with Gasteiger partial charge in [-0.2, -0.15) is 0 Å². The Bertz CT molecular complexity index is 973. The van der Waals surface area contributed by atoms with Crippen molar-refractivity contribution in [3.05, 3.63) is 41.4 Å². The van der Waals surface area contributed by atoms with Crippen molar-refractivity contribution in [1.82, 2.24) is 4.98 Å². The highest BCUT2D eigenvalue weighted by Crippen LogP contribution is 2.35. The van der Waals surface area contributed by atoms with Gasteiger partial charge < -0.3 is 14.8 Å². The Morgan fingerprint density at radius 3 is 2.59 bits per heavy atom. The van der Waals surface area contributed by atoms with Crippen molar-refractivity contribution in [2.45, 2.75) is 19.4 Å². The van der Waals surface area contributed by atoms with Crippen LogP contribution in [0, 0.1) is 0 Å². The second-order valence-electron chi connectivity index (χ2n) is 6.21. The molecular weight excluding hydrogens is 388 g/mol. The third kappa shape index (κ3) is 4.24. The maximum atomic E-state index is 12.8. The van der Waals surface area contributed by atoms with Crippen LogP contribution >= 0.6 is 22.9 Å². The zero-order valence-corrected chi connectivity index (χ0v) is 16.6. The number of carbonyl (C=O) groups is 1. The van der Waals surface area contributed by atoms with E-state index in [0.717, 1.165) is 4.70 Å². The van der Waals surface area contributed by atoms with E-state index < -0.39 is 5.60 Å². The van der Waals surface area contributed by atoms with Gasteiger partial charge in [0.05, 0.1) is 11.8 Å². The van der Waals surface area contributed by atoms with E-state index in [1.807, 2.05) is 6.07 Å². The van der Waals surface area contributed by atoms with Crippen molar-refractivity contribution in [2.24, 2.45) is 5.84 Å². The van der Waals surface area contributed by atoms with Gasteiger partial charge in [-0.15, -0.1) is 0 Å². The number of nitrogens with zero attached hydrogens (tertiary/aromatic N) is 1.